The number of sulfonamides is 1. The summed E-state index contributed by atoms with van der Waals surface area (Å²) >= 11 is 4.78. The number of carbonyl (C=O) groups excluding carboxylic acids is 1. The van der Waals surface area contributed by atoms with Gasteiger partial charge in [-0.15, -0.1) is 11.3 Å². The highest BCUT2D eigenvalue weighted by molar-refractivity contribution is 9.11. The molecule has 1 saturated heterocycles. The van der Waals surface area contributed by atoms with Crippen molar-refractivity contribution in [2.45, 2.75) is 56.9 Å². The molecular weight excluding hydrogens is 374 g/mol. The molecule has 118 valence electrons. The molecule has 21 heavy (non-hydrogen) atoms. The number of ketones is 1. The number of aryl methyl sites for hydroxylation is 1. The molecule has 0 aromatic carbocycles. The fourth-order valence-electron chi connectivity index (χ4n) is 2.82. The van der Waals surface area contributed by atoms with Crippen LogP contribution in [-0.2, 0) is 14.8 Å². The fourth-order valence-corrected chi connectivity index (χ4v) is 6.89. The molecule has 0 saturated carbocycles. The van der Waals surface area contributed by atoms with Gasteiger partial charge in [0.2, 0.25) is 10.0 Å². The van der Waals surface area contributed by atoms with Crippen LogP contribution in [0.3, 0.4) is 0 Å². The van der Waals surface area contributed by atoms with E-state index in [0.717, 1.165) is 34.3 Å². The third-order valence-corrected chi connectivity index (χ3v) is 7.54. The predicted octanol–water partition coefficient (Wildman–Crippen LogP) is 3.73. The van der Waals surface area contributed by atoms with Gasteiger partial charge >= 0.3 is 0 Å². The lowest BCUT2D eigenvalue weighted by Crippen LogP contribution is -2.41. The lowest BCUT2D eigenvalue weighted by atomic mass is 10.1. The average Bonchev–Trinajstić information content (AvgIpc) is 2.59. The first kappa shape index (κ1) is 17.1. The standard InChI is InChI=1S/C14H20BrNO3S2/c1-10(17)8-12-6-4-3-5-7-16(12)21(18,19)13-9-14(15)20-11(13)2/h9,12H,3-8H2,1-2H3. The van der Waals surface area contributed by atoms with Gasteiger partial charge in [0.1, 0.15) is 5.78 Å². The van der Waals surface area contributed by atoms with Crippen LogP contribution in [0.1, 0.15) is 43.9 Å². The van der Waals surface area contributed by atoms with Crippen molar-refractivity contribution < 1.29 is 13.2 Å². The van der Waals surface area contributed by atoms with E-state index in [1.54, 1.807) is 10.4 Å². The maximum Gasteiger partial charge on any atom is 0.244 e. The molecule has 0 N–H and O–H groups in total. The summed E-state index contributed by atoms with van der Waals surface area (Å²) in [7, 11) is -3.53. The van der Waals surface area contributed by atoms with E-state index < -0.39 is 10.0 Å². The zero-order valence-corrected chi connectivity index (χ0v) is 15.5. The molecule has 7 heteroatoms. The highest BCUT2D eigenvalue weighted by atomic mass is 79.9. The van der Waals surface area contributed by atoms with Crippen LogP contribution in [0, 0.1) is 6.92 Å². The van der Waals surface area contributed by atoms with Gasteiger partial charge in [0, 0.05) is 23.9 Å². The number of carbonyl (C=O) groups is 1. The van der Waals surface area contributed by atoms with Gasteiger partial charge in [-0.3, -0.25) is 4.79 Å². The quantitative estimate of drug-likeness (QED) is 0.782. The van der Waals surface area contributed by atoms with E-state index in [2.05, 4.69) is 15.9 Å². The van der Waals surface area contributed by atoms with Gasteiger partial charge in [0.15, 0.2) is 0 Å². The van der Waals surface area contributed by atoms with Crippen molar-refractivity contribution in [3.8, 4) is 0 Å². The second kappa shape index (κ2) is 6.89. The van der Waals surface area contributed by atoms with Crippen molar-refractivity contribution in [3.05, 3.63) is 14.7 Å². The van der Waals surface area contributed by atoms with E-state index in [1.807, 2.05) is 6.92 Å². The van der Waals surface area contributed by atoms with Crippen molar-refractivity contribution in [3.63, 3.8) is 0 Å². The van der Waals surface area contributed by atoms with Crippen LogP contribution < -0.4 is 0 Å². The molecule has 2 heterocycles. The van der Waals surface area contributed by atoms with Crippen LogP contribution in [0.25, 0.3) is 0 Å². The number of nitrogens with zero attached hydrogens (tertiary/aromatic N) is 1. The molecule has 1 unspecified atom stereocenters. The van der Waals surface area contributed by atoms with Gasteiger partial charge in [0.25, 0.3) is 0 Å². The van der Waals surface area contributed by atoms with Crippen LogP contribution in [0.2, 0.25) is 0 Å². The van der Waals surface area contributed by atoms with Gasteiger partial charge in [-0.25, -0.2) is 8.42 Å². The smallest absolute Gasteiger partial charge is 0.244 e. The fraction of sp³-hybridized carbons (Fsp3) is 0.643. The topological polar surface area (TPSA) is 54.5 Å². The molecule has 1 aliphatic heterocycles. The second-order valence-electron chi connectivity index (χ2n) is 5.50. The van der Waals surface area contributed by atoms with Gasteiger partial charge in [-0.2, -0.15) is 4.31 Å². The summed E-state index contributed by atoms with van der Waals surface area (Å²) < 4.78 is 28.3. The SMILES string of the molecule is CC(=O)CC1CCCCCN1S(=O)(=O)c1cc(Br)sc1C. The molecule has 0 amide bonds. The average molecular weight is 394 g/mol. The van der Waals surface area contributed by atoms with Crippen LogP contribution >= 0.6 is 27.3 Å². The predicted molar refractivity (Wildman–Crippen MR) is 88.2 cm³/mol. The second-order valence-corrected chi connectivity index (χ2v) is 9.99. The largest absolute Gasteiger partial charge is 0.300 e. The molecule has 0 spiro atoms. The lowest BCUT2D eigenvalue weighted by molar-refractivity contribution is -0.117. The van der Waals surface area contributed by atoms with Crippen molar-refractivity contribution in [2.75, 3.05) is 6.54 Å². The Bertz CT molecular complexity index is 624. The van der Waals surface area contributed by atoms with E-state index in [0.29, 0.717) is 17.9 Å². The number of halogens is 1. The van der Waals surface area contributed by atoms with Gasteiger partial charge in [-0.1, -0.05) is 12.8 Å². The van der Waals surface area contributed by atoms with Crippen LogP contribution in [-0.4, -0.2) is 31.1 Å². The molecule has 1 aliphatic rings. The van der Waals surface area contributed by atoms with Crippen molar-refractivity contribution in [1.82, 2.24) is 4.31 Å². The summed E-state index contributed by atoms with van der Waals surface area (Å²) in [4.78, 5) is 12.6. The molecule has 0 aliphatic carbocycles. The first-order valence-electron chi connectivity index (χ1n) is 7.09. The molecule has 2 rings (SSSR count). The Morgan fingerprint density at radius 2 is 2.14 bits per heavy atom. The van der Waals surface area contributed by atoms with Crippen molar-refractivity contribution in [2.24, 2.45) is 0 Å². The number of thiophene rings is 1. The summed E-state index contributed by atoms with van der Waals surface area (Å²) in [6.45, 7) is 3.86. The highest BCUT2D eigenvalue weighted by Gasteiger charge is 2.34. The number of Topliss-reactive ketones (excluding diaryl/α,β-unsaturated/α-hetero) is 1. The zero-order valence-electron chi connectivity index (χ0n) is 12.3. The molecule has 1 aromatic rings. The zero-order chi connectivity index (χ0) is 15.6. The Kier molecular flexibility index (Phi) is 5.62. The number of hydrogen-bond acceptors (Lipinski definition) is 4. The summed E-state index contributed by atoms with van der Waals surface area (Å²) in [5.74, 6) is 0.0466. The first-order chi connectivity index (χ1) is 9.82. The van der Waals surface area contributed by atoms with Gasteiger partial charge < -0.3 is 0 Å². The maximum absolute atomic E-state index is 13.0. The van der Waals surface area contributed by atoms with E-state index in [4.69, 9.17) is 0 Å². The first-order valence-corrected chi connectivity index (χ1v) is 10.1. The molecule has 0 radical (unpaired) electrons. The summed E-state index contributed by atoms with van der Waals surface area (Å²) in [5.41, 5.74) is 0. The summed E-state index contributed by atoms with van der Waals surface area (Å²) in [5, 5.41) is 0. The maximum atomic E-state index is 13.0. The number of rotatable bonds is 4. The third kappa shape index (κ3) is 3.94. The molecular formula is C14H20BrNO3S2. The van der Waals surface area contributed by atoms with Gasteiger partial charge in [0.05, 0.1) is 8.68 Å². The van der Waals surface area contributed by atoms with Gasteiger partial charge in [-0.05, 0) is 48.7 Å². The molecule has 4 nitrogen and oxygen atoms in total. The highest BCUT2D eigenvalue weighted by Crippen LogP contribution is 2.34. The summed E-state index contributed by atoms with van der Waals surface area (Å²) in [6.07, 6.45) is 3.94. The van der Waals surface area contributed by atoms with Crippen LogP contribution in [0.5, 0.6) is 0 Å². The Labute approximate surface area is 138 Å². The third-order valence-electron chi connectivity index (χ3n) is 3.77. The van der Waals surface area contributed by atoms with Crippen LogP contribution in [0.4, 0.5) is 0 Å². The normalized spacial score (nSPS) is 21.2. The van der Waals surface area contributed by atoms with Crippen LogP contribution in [0.15, 0.2) is 14.7 Å². The van der Waals surface area contributed by atoms with Crippen molar-refractivity contribution in [1.29, 1.82) is 0 Å². The monoisotopic (exact) mass is 393 g/mol. The minimum atomic E-state index is -3.53. The lowest BCUT2D eigenvalue weighted by Gasteiger charge is -2.28. The molecule has 1 fully saturated rings. The molecule has 0 bridgehead atoms. The Morgan fingerprint density at radius 1 is 1.43 bits per heavy atom. The van der Waals surface area contributed by atoms with E-state index >= 15 is 0 Å². The Hall–Kier alpha value is -0.240. The van der Waals surface area contributed by atoms with Crippen molar-refractivity contribution >= 4 is 43.1 Å². The number of hydrogen-bond donors (Lipinski definition) is 0. The minimum Gasteiger partial charge on any atom is -0.300 e. The van der Waals surface area contributed by atoms with E-state index in [-0.39, 0.29) is 11.8 Å². The summed E-state index contributed by atoms with van der Waals surface area (Å²) in [6, 6.07) is 1.47. The Morgan fingerprint density at radius 3 is 2.71 bits per heavy atom. The Balaban J connectivity index is 2.38. The molecule has 1 atom stereocenters. The van der Waals surface area contributed by atoms with E-state index in [9.17, 15) is 13.2 Å². The molecule has 1 aromatic heterocycles. The minimum absolute atomic E-state index is 0.0466. The van der Waals surface area contributed by atoms with E-state index in [1.165, 1.54) is 18.3 Å².